The summed E-state index contributed by atoms with van der Waals surface area (Å²) in [5, 5.41) is 3.16. The van der Waals surface area contributed by atoms with Gasteiger partial charge in [0.2, 0.25) is 5.91 Å². The Balaban J connectivity index is 1.61. The number of ether oxygens (including phenoxy) is 1. The summed E-state index contributed by atoms with van der Waals surface area (Å²) in [4.78, 5) is 11.3. The monoisotopic (exact) mass is 324 g/mol. The molecular weight excluding hydrogens is 300 g/mol. The van der Waals surface area contributed by atoms with Crippen LogP contribution in [0.4, 0.5) is 0 Å². The van der Waals surface area contributed by atoms with Gasteiger partial charge in [0.15, 0.2) is 0 Å². The SMILES string of the molecule is CC(C)(NCc1ccc(Oc2ccc3c(c2)CCC3)cc1)C(N)=O. The van der Waals surface area contributed by atoms with Crippen molar-refractivity contribution in [1.82, 2.24) is 5.32 Å². The Bertz CT molecular complexity index is 736. The van der Waals surface area contributed by atoms with Crippen LogP contribution in [0, 0.1) is 0 Å². The van der Waals surface area contributed by atoms with Gasteiger partial charge in [0.05, 0.1) is 5.54 Å². The van der Waals surface area contributed by atoms with E-state index in [2.05, 4.69) is 17.4 Å². The lowest BCUT2D eigenvalue weighted by Crippen LogP contribution is -2.50. The number of nitrogens with two attached hydrogens (primary N) is 1. The molecular formula is C20H24N2O2. The van der Waals surface area contributed by atoms with E-state index in [1.807, 2.05) is 30.3 Å². The van der Waals surface area contributed by atoms with Crippen molar-refractivity contribution in [2.45, 2.75) is 45.2 Å². The molecule has 0 atom stereocenters. The van der Waals surface area contributed by atoms with Gasteiger partial charge in [-0.2, -0.15) is 0 Å². The Morgan fingerprint density at radius 1 is 1.08 bits per heavy atom. The van der Waals surface area contributed by atoms with Gasteiger partial charge in [-0.1, -0.05) is 18.2 Å². The standard InChI is InChI=1S/C20H24N2O2/c1-20(2,19(21)23)22-13-14-6-9-17(10-7-14)24-18-11-8-15-4-3-5-16(15)12-18/h6-12,22H,3-5,13H2,1-2H3,(H2,21,23). The van der Waals surface area contributed by atoms with E-state index in [1.54, 1.807) is 13.8 Å². The van der Waals surface area contributed by atoms with E-state index in [1.165, 1.54) is 24.0 Å². The third kappa shape index (κ3) is 3.77. The Morgan fingerprint density at radius 3 is 2.46 bits per heavy atom. The summed E-state index contributed by atoms with van der Waals surface area (Å²) in [5.74, 6) is 1.33. The zero-order valence-electron chi connectivity index (χ0n) is 14.3. The third-order valence-corrected chi connectivity index (χ3v) is 4.58. The smallest absolute Gasteiger partial charge is 0.237 e. The van der Waals surface area contributed by atoms with Crippen molar-refractivity contribution in [1.29, 1.82) is 0 Å². The molecule has 2 aromatic rings. The van der Waals surface area contributed by atoms with E-state index in [0.717, 1.165) is 23.5 Å². The highest BCUT2D eigenvalue weighted by Crippen LogP contribution is 2.29. The first kappa shape index (κ1) is 16.5. The number of carbonyl (C=O) groups excluding carboxylic acids is 1. The van der Waals surface area contributed by atoms with Gasteiger partial charge in [-0.25, -0.2) is 0 Å². The van der Waals surface area contributed by atoms with Gasteiger partial charge < -0.3 is 10.5 Å². The summed E-state index contributed by atoms with van der Waals surface area (Å²) in [7, 11) is 0. The van der Waals surface area contributed by atoms with E-state index in [-0.39, 0.29) is 5.91 Å². The average molecular weight is 324 g/mol. The third-order valence-electron chi connectivity index (χ3n) is 4.58. The number of nitrogens with one attached hydrogen (secondary N) is 1. The molecule has 0 radical (unpaired) electrons. The first-order valence-corrected chi connectivity index (χ1v) is 8.37. The van der Waals surface area contributed by atoms with Gasteiger partial charge in [0.25, 0.3) is 0 Å². The molecule has 126 valence electrons. The second-order valence-electron chi connectivity index (χ2n) is 6.87. The largest absolute Gasteiger partial charge is 0.457 e. The minimum atomic E-state index is -0.723. The summed E-state index contributed by atoms with van der Waals surface area (Å²) in [6, 6.07) is 14.2. The van der Waals surface area contributed by atoms with Gasteiger partial charge in [0.1, 0.15) is 11.5 Å². The fraction of sp³-hybridized carbons (Fsp3) is 0.350. The Labute approximate surface area is 143 Å². The molecule has 3 rings (SSSR count). The molecule has 0 heterocycles. The second-order valence-corrected chi connectivity index (χ2v) is 6.87. The fourth-order valence-electron chi connectivity index (χ4n) is 2.83. The topological polar surface area (TPSA) is 64.3 Å². The fourth-order valence-corrected chi connectivity index (χ4v) is 2.83. The number of rotatable bonds is 6. The summed E-state index contributed by atoms with van der Waals surface area (Å²) in [6.07, 6.45) is 3.56. The van der Waals surface area contributed by atoms with Crippen LogP contribution >= 0.6 is 0 Å². The van der Waals surface area contributed by atoms with Gasteiger partial charge in [-0.3, -0.25) is 10.1 Å². The molecule has 0 bridgehead atoms. The normalized spacial score (nSPS) is 13.6. The van der Waals surface area contributed by atoms with Crippen molar-refractivity contribution >= 4 is 5.91 Å². The average Bonchev–Trinajstić information content (AvgIpc) is 3.02. The van der Waals surface area contributed by atoms with Crippen molar-refractivity contribution in [3.05, 3.63) is 59.2 Å². The van der Waals surface area contributed by atoms with Crippen LogP contribution in [0.3, 0.4) is 0 Å². The van der Waals surface area contributed by atoms with Gasteiger partial charge in [-0.05, 0) is 74.1 Å². The number of hydrogen-bond donors (Lipinski definition) is 2. The van der Waals surface area contributed by atoms with E-state index in [0.29, 0.717) is 6.54 Å². The molecule has 3 N–H and O–H groups in total. The molecule has 0 aromatic heterocycles. The second kappa shape index (κ2) is 6.65. The molecule has 1 amide bonds. The predicted octanol–water partition coefficient (Wildman–Crippen LogP) is 3.32. The summed E-state index contributed by atoms with van der Waals surface area (Å²) >= 11 is 0. The van der Waals surface area contributed by atoms with Crippen LogP contribution in [0.5, 0.6) is 11.5 Å². The molecule has 4 nitrogen and oxygen atoms in total. The zero-order valence-corrected chi connectivity index (χ0v) is 14.3. The Kier molecular flexibility index (Phi) is 4.58. The van der Waals surface area contributed by atoms with Crippen LogP contribution in [-0.4, -0.2) is 11.4 Å². The number of carbonyl (C=O) groups is 1. The minimum Gasteiger partial charge on any atom is -0.457 e. The van der Waals surface area contributed by atoms with Crippen molar-refractivity contribution in [2.24, 2.45) is 5.73 Å². The molecule has 2 aromatic carbocycles. The molecule has 0 saturated heterocycles. The Morgan fingerprint density at radius 2 is 1.75 bits per heavy atom. The maximum atomic E-state index is 11.3. The molecule has 4 heteroatoms. The van der Waals surface area contributed by atoms with Gasteiger partial charge in [-0.15, -0.1) is 0 Å². The molecule has 0 unspecified atom stereocenters. The molecule has 0 fully saturated rings. The van der Waals surface area contributed by atoms with Crippen LogP contribution in [0.2, 0.25) is 0 Å². The van der Waals surface area contributed by atoms with E-state index in [9.17, 15) is 4.79 Å². The zero-order chi connectivity index (χ0) is 17.2. The number of aryl methyl sites for hydroxylation is 2. The van der Waals surface area contributed by atoms with Crippen LogP contribution < -0.4 is 15.8 Å². The van der Waals surface area contributed by atoms with Crippen LogP contribution in [0.15, 0.2) is 42.5 Å². The van der Waals surface area contributed by atoms with Crippen molar-refractivity contribution in [3.8, 4) is 11.5 Å². The van der Waals surface area contributed by atoms with Crippen LogP contribution in [0.1, 0.15) is 37.0 Å². The number of benzene rings is 2. The first-order valence-electron chi connectivity index (χ1n) is 8.37. The maximum Gasteiger partial charge on any atom is 0.237 e. The van der Waals surface area contributed by atoms with Crippen LogP contribution in [-0.2, 0) is 24.2 Å². The number of hydrogen-bond acceptors (Lipinski definition) is 3. The maximum absolute atomic E-state index is 11.3. The Hall–Kier alpha value is -2.33. The highest BCUT2D eigenvalue weighted by molar-refractivity contribution is 5.83. The quantitative estimate of drug-likeness (QED) is 0.857. The van der Waals surface area contributed by atoms with Gasteiger partial charge in [0, 0.05) is 6.54 Å². The molecule has 0 spiro atoms. The summed E-state index contributed by atoms with van der Waals surface area (Å²) < 4.78 is 5.95. The van der Waals surface area contributed by atoms with E-state index >= 15 is 0 Å². The lowest BCUT2D eigenvalue weighted by Gasteiger charge is -2.22. The summed E-state index contributed by atoms with van der Waals surface area (Å²) in [6.45, 7) is 4.14. The van der Waals surface area contributed by atoms with E-state index < -0.39 is 5.54 Å². The highest BCUT2D eigenvalue weighted by atomic mass is 16.5. The number of amides is 1. The lowest BCUT2D eigenvalue weighted by molar-refractivity contribution is -0.123. The molecule has 1 aliphatic carbocycles. The summed E-state index contributed by atoms with van der Waals surface area (Å²) in [5.41, 5.74) is 8.56. The lowest BCUT2D eigenvalue weighted by atomic mass is 10.0. The van der Waals surface area contributed by atoms with E-state index in [4.69, 9.17) is 10.5 Å². The highest BCUT2D eigenvalue weighted by Gasteiger charge is 2.23. The molecule has 24 heavy (non-hydrogen) atoms. The van der Waals surface area contributed by atoms with Gasteiger partial charge >= 0.3 is 0 Å². The van der Waals surface area contributed by atoms with Crippen molar-refractivity contribution in [3.63, 3.8) is 0 Å². The molecule has 1 aliphatic rings. The molecule has 0 saturated carbocycles. The molecule has 0 aliphatic heterocycles. The minimum absolute atomic E-state index is 0.362. The predicted molar refractivity (Wildman–Crippen MR) is 95.1 cm³/mol. The van der Waals surface area contributed by atoms with Crippen molar-refractivity contribution in [2.75, 3.05) is 0 Å². The first-order chi connectivity index (χ1) is 11.4. The number of fused-ring (bicyclic) bond motifs is 1. The van der Waals surface area contributed by atoms with Crippen molar-refractivity contribution < 1.29 is 9.53 Å². The van der Waals surface area contributed by atoms with Crippen LogP contribution in [0.25, 0.3) is 0 Å². The number of primary amides is 1.